The molecule has 0 spiro atoms. The normalized spacial score (nSPS) is 18.2. The fourth-order valence-electron chi connectivity index (χ4n) is 3.76. The van der Waals surface area contributed by atoms with Crippen LogP contribution in [-0.4, -0.2) is 24.7 Å². The molecular formula is C20H28N2O. The van der Waals surface area contributed by atoms with Crippen LogP contribution < -0.4 is 5.32 Å². The van der Waals surface area contributed by atoms with E-state index in [9.17, 15) is 4.79 Å². The van der Waals surface area contributed by atoms with Gasteiger partial charge >= 0.3 is 0 Å². The lowest BCUT2D eigenvalue weighted by Crippen LogP contribution is -2.27. The van der Waals surface area contributed by atoms with Crippen LogP contribution in [-0.2, 0) is 6.42 Å². The zero-order valence-electron chi connectivity index (χ0n) is 14.2. The molecule has 124 valence electrons. The molecule has 1 aliphatic carbocycles. The molecule has 3 heteroatoms. The summed E-state index contributed by atoms with van der Waals surface area (Å²) in [6.07, 6.45) is 9.64. The van der Waals surface area contributed by atoms with Crippen LogP contribution in [0.5, 0.6) is 0 Å². The van der Waals surface area contributed by atoms with Crippen LogP contribution in [0.2, 0.25) is 0 Å². The second-order valence-corrected chi connectivity index (χ2v) is 6.83. The second kappa shape index (κ2) is 7.76. The molecule has 1 fully saturated rings. The van der Waals surface area contributed by atoms with Crippen molar-refractivity contribution in [2.24, 2.45) is 10.9 Å². The van der Waals surface area contributed by atoms with E-state index in [0.717, 1.165) is 37.9 Å². The first kappa shape index (κ1) is 16.2. The highest BCUT2D eigenvalue weighted by molar-refractivity contribution is 6.06. The van der Waals surface area contributed by atoms with Crippen LogP contribution in [0.15, 0.2) is 23.2 Å². The molecule has 0 bridgehead atoms. The Morgan fingerprint density at radius 1 is 1.26 bits per heavy atom. The summed E-state index contributed by atoms with van der Waals surface area (Å²) in [6, 6.07) is 6.20. The Morgan fingerprint density at radius 3 is 2.87 bits per heavy atom. The molecule has 23 heavy (non-hydrogen) atoms. The number of hydrogen-bond acceptors (Lipinski definition) is 2. The van der Waals surface area contributed by atoms with E-state index in [1.54, 1.807) is 0 Å². The average Bonchev–Trinajstić information content (AvgIpc) is 2.61. The lowest BCUT2D eigenvalue weighted by molar-refractivity contribution is 0.0953. The molecule has 0 radical (unpaired) electrons. The second-order valence-electron chi connectivity index (χ2n) is 6.83. The molecule has 1 N–H and O–H groups in total. The van der Waals surface area contributed by atoms with Gasteiger partial charge in [-0.3, -0.25) is 9.79 Å². The van der Waals surface area contributed by atoms with Crippen molar-refractivity contribution < 1.29 is 4.79 Å². The first-order valence-corrected chi connectivity index (χ1v) is 9.25. The molecule has 1 heterocycles. The standard InChI is InChI=1S/C20H28N2O/c1-2-3-12-22-20(23)17-10-9-15-11-13-21-19(18(15)14-17)16-7-5-4-6-8-16/h9-10,14,16H,2-8,11-13H2,1H3,(H,22,23). The van der Waals surface area contributed by atoms with E-state index in [4.69, 9.17) is 4.99 Å². The molecular weight excluding hydrogens is 284 g/mol. The van der Waals surface area contributed by atoms with Crippen LogP contribution in [0.25, 0.3) is 0 Å². The maximum Gasteiger partial charge on any atom is 0.251 e. The summed E-state index contributed by atoms with van der Waals surface area (Å²) in [4.78, 5) is 17.2. The van der Waals surface area contributed by atoms with Crippen LogP contribution in [0.4, 0.5) is 0 Å². The summed E-state index contributed by atoms with van der Waals surface area (Å²) in [5.74, 6) is 0.649. The molecule has 0 unspecified atom stereocenters. The SMILES string of the molecule is CCCCNC(=O)c1ccc2c(c1)C(C1CCCCC1)=NCC2. The van der Waals surface area contributed by atoms with E-state index >= 15 is 0 Å². The highest BCUT2D eigenvalue weighted by Gasteiger charge is 2.25. The van der Waals surface area contributed by atoms with Gasteiger partial charge in [-0.15, -0.1) is 0 Å². The fourth-order valence-corrected chi connectivity index (χ4v) is 3.76. The quantitative estimate of drug-likeness (QED) is 0.816. The first-order chi connectivity index (χ1) is 11.3. The van der Waals surface area contributed by atoms with Gasteiger partial charge in [-0.2, -0.15) is 0 Å². The Morgan fingerprint density at radius 2 is 2.09 bits per heavy atom. The van der Waals surface area contributed by atoms with Crippen molar-refractivity contribution in [2.45, 2.75) is 58.3 Å². The van der Waals surface area contributed by atoms with Gasteiger partial charge in [0.15, 0.2) is 0 Å². The number of unbranched alkanes of at least 4 members (excludes halogenated alkanes) is 1. The van der Waals surface area contributed by atoms with Gasteiger partial charge in [-0.05, 0) is 48.9 Å². The largest absolute Gasteiger partial charge is 0.352 e. The minimum atomic E-state index is 0.0508. The maximum absolute atomic E-state index is 12.3. The Hall–Kier alpha value is -1.64. The summed E-state index contributed by atoms with van der Waals surface area (Å²) in [5, 5.41) is 3.02. The van der Waals surface area contributed by atoms with Crippen LogP contribution in [0.3, 0.4) is 0 Å². The number of hydrogen-bond donors (Lipinski definition) is 1. The van der Waals surface area contributed by atoms with Crippen molar-refractivity contribution in [3.63, 3.8) is 0 Å². The maximum atomic E-state index is 12.3. The first-order valence-electron chi connectivity index (χ1n) is 9.25. The summed E-state index contributed by atoms with van der Waals surface area (Å²) in [6.45, 7) is 3.80. The molecule has 1 aromatic rings. The third-order valence-corrected chi connectivity index (χ3v) is 5.12. The van der Waals surface area contributed by atoms with E-state index in [1.807, 2.05) is 6.07 Å². The van der Waals surface area contributed by atoms with Crippen molar-refractivity contribution in [1.29, 1.82) is 0 Å². The number of nitrogens with one attached hydrogen (secondary N) is 1. The summed E-state index contributed by atoms with van der Waals surface area (Å²) in [7, 11) is 0. The lowest BCUT2D eigenvalue weighted by atomic mass is 9.80. The smallest absolute Gasteiger partial charge is 0.251 e. The fraction of sp³-hybridized carbons (Fsp3) is 0.600. The Balaban J connectivity index is 1.80. The Bertz CT molecular complexity index is 585. The van der Waals surface area contributed by atoms with Gasteiger partial charge in [0.25, 0.3) is 5.91 Å². The number of aliphatic imine (C=N–C) groups is 1. The van der Waals surface area contributed by atoms with Gasteiger partial charge in [0.05, 0.1) is 0 Å². The van der Waals surface area contributed by atoms with E-state index in [2.05, 4.69) is 24.4 Å². The van der Waals surface area contributed by atoms with E-state index in [1.165, 1.54) is 48.9 Å². The molecule has 1 saturated carbocycles. The molecule has 1 aliphatic heterocycles. The number of fused-ring (bicyclic) bond motifs is 1. The van der Waals surface area contributed by atoms with Crippen LogP contribution >= 0.6 is 0 Å². The minimum absolute atomic E-state index is 0.0508. The molecule has 3 rings (SSSR count). The molecule has 0 saturated heterocycles. The van der Waals surface area contributed by atoms with E-state index in [0.29, 0.717) is 5.92 Å². The van der Waals surface area contributed by atoms with Gasteiger partial charge in [0, 0.05) is 30.3 Å². The molecule has 2 aliphatic rings. The van der Waals surface area contributed by atoms with Crippen LogP contribution in [0, 0.1) is 5.92 Å². The average molecular weight is 312 g/mol. The predicted molar refractivity (Wildman–Crippen MR) is 95.4 cm³/mol. The number of benzene rings is 1. The molecule has 3 nitrogen and oxygen atoms in total. The topological polar surface area (TPSA) is 41.5 Å². The number of carbonyl (C=O) groups is 1. The zero-order valence-corrected chi connectivity index (χ0v) is 14.2. The van der Waals surface area contributed by atoms with Crippen molar-refractivity contribution >= 4 is 11.6 Å². The summed E-state index contributed by atoms with van der Waals surface area (Å²) < 4.78 is 0. The molecule has 1 aromatic carbocycles. The summed E-state index contributed by atoms with van der Waals surface area (Å²) in [5.41, 5.74) is 4.66. The molecule has 1 amide bonds. The van der Waals surface area contributed by atoms with Crippen molar-refractivity contribution in [3.8, 4) is 0 Å². The Kier molecular flexibility index (Phi) is 5.47. The number of carbonyl (C=O) groups excluding carboxylic acids is 1. The number of nitrogens with zero attached hydrogens (tertiary/aromatic N) is 1. The van der Waals surface area contributed by atoms with Gasteiger partial charge in [-0.1, -0.05) is 38.7 Å². The predicted octanol–water partition coefficient (Wildman–Crippen LogP) is 4.14. The highest BCUT2D eigenvalue weighted by Crippen LogP contribution is 2.31. The Labute approximate surface area is 139 Å². The molecule has 0 atom stereocenters. The summed E-state index contributed by atoms with van der Waals surface area (Å²) >= 11 is 0. The van der Waals surface area contributed by atoms with Gasteiger partial charge in [-0.25, -0.2) is 0 Å². The van der Waals surface area contributed by atoms with E-state index < -0.39 is 0 Å². The number of rotatable bonds is 5. The van der Waals surface area contributed by atoms with E-state index in [-0.39, 0.29) is 5.91 Å². The van der Waals surface area contributed by atoms with Crippen molar-refractivity contribution in [2.75, 3.05) is 13.1 Å². The van der Waals surface area contributed by atoms with Gasteiger partial charge in [0.1, 0.15) is 0 Å². The lowest BCUT2D eigenvalue weighted by Gasteiger charge is -2.27. The third kappa shape index (κ3) is 3.82. The zero-order chi connectivity index (χ0) is 16.1. The monoisotopic (exact) mass is 312 g/mol. The van der Waals surface area contributed by atoms with Crippen molar-refractivity contribution in [3.05, 3.63) is 34.9 Å². The highest BCUT2D eigenvalue weighted by atomic mass is 16.1. The van der Waals surface area contributed by atoms with Gasteiger partial charge in [0.2, 0.25) is 0 Å². The molecule has 0 aromatic heterocycles. The third-order valence-electron chi connectivity index (χ3n) is 5.12. The number of amides is 1. The minimum Gasteiger partial charge on any atom is -0.352 e. The van der Waals surface area contributed by atoms with Gasteiger partial charge < -0.3 is 5.32 Å². The van der Waals surface area contributed by atoms with Crippen molar-refractivity contribution in [1.82, 2.24) is 5.32 Å². The van der Waals surface area contributed by atoms with Crippen LogP contribution in [0.1, 0.15) is 73.4 Å².